The Morgan fingerprint density at radius 3 is 2.57 bits per heavy atom. The average molecular weight is 293 g/mol. The molecular weight excluding hydrogens is 274 g/mol. The van der Waals surface area contributed by atoms with E-state index in [2.05, 4.69) is 4.90 Å². The highest BCUT2D eigenvalue weighted by Gasteiger charge is 2.23. The molecule has 0 N–H and O–H groups in total. The van der Waals surface area contributed by atoms with Crippen LogP contribution in [0.5, 0.6) is 0 Å². The van der Waals surface area contributed by atoms with Crippen molar-refractivity contribution in [3.63, 3.8) is 0 Å². The van der Waals surface area contributed by atoms with Crippen LogP contribution in [0.1, 0.15) is 12.5 Å². The summed E-state index contributed by atoms with van der Waals surface area (Å²) in [6, 6.07) is 6.76. The number of hydrogen-bond donors (Lipinski definition) is 0. The molecule has 1 aliphatic rings. The number of piperazine rings is 1. The summed E-state index contributed by atoms with van der Waals surface area (Å²) < 4.78 is 4.96. The molecular formula is C14H19N3O4. The van der Waals surface area contributed by atoms with Crippen LogP contribution in [0.2, 0.25) is 0 Å². The lowest BCUT2D eigenvalue weighted by Gasteiger charge is -2.33. The van der Waals surface area contributed by atoms with Gasteiger partial charge >= 0.3 is 6.09 Å². The molecule has 0 radical (unpaired) electrons. The quantitative estimate of drug-likeness (QED) is 0.625. The molecule has 1 amide bonds. The lowest BCUT2D eigenvalue weighted by Crippen LogP contribution is -2.48. The molecule has 0 aromatic heterocycles. The normalized spacial score (nSPS) is 15.8. The maximum atomic E-state index is 11.6. The first-order valence-corrected chi connectivity index (χ1v) is 6.98. The summed E-state index contributed by atoms with van der Waals surface area (Å²) in [5, 5.41) is 11.0. The fourth-order valence-electron chi connectivity index (χ4n) is 2.37. The minimum atomic E-state index is -0.357. The molecule has 0 aliphatic carbocycles. The average Bonchev–Trinajstić information content (AvgIpc) is 2.48. The Labute approximate surface area is 123 Å². The molecule has 21 heavy (non-hydrogen) atoms. The first kappa shape index (κ1) is 15.2. The highest BCUT2D eigenvalue weighted by atomic mass is 16.6. The second-order valence-corrected chi connectivity index (χ2v) is 4.85. The van der Waals surface area contributed by atoms with E-state index in [1.807, 2.05) is 0 Å². The van der Waals surface area contributed by atoms with E-state index < -0.39 is 0 Å². The lowest BCUT2D eigenvalue weighted by molar-refractivity contribution is -0.385. The molecule has 0 saturated carbocycles. The molecule has 1 saturated heterocycles. The van der Waals surface area contributed by atoms with Crippen LogP contribution in [0, 0.1) is 10.1 Å². The number of hydrogen-bond acceptors (Lipinski definition) is 5. The highest BCUT2D eigenvalue weighted by molar-refractivity contribution is 5.67. The van der Waals surface area contributed by atoms with Crippen molar-refractivity contribution in [1.82, 2.24) is 9.80 Å². The fraction of sp³-hybridized carbons (Fsp3) is 0.500. The summed E-state index contributed by atoms with van der Waals surface area (Å²) in [4.78, 5) is 26.0. The second-order valence-electron chi connectivity index (χ2n) is 4.85. The number of nitrogens with zero attached hydrogens (tertiary/aromatic N) is 3. The van der Waals surface area contributed by atoms with E-state index in [0.717, 1.165) is 0 Å². The van der Waals surface area contributed by atoms with Crippen LogP contribution in [0.3, 0.4) is 0 Å². The van der Waals surface area contributed by atoms with Crippen LogP contribution >= 0.6 is 0 Å². The van der Waals surface area contributed by atoms with Gasteiger partial charge in [-0.1, -0.05) is 18.2 Å². The van der Waals surface area contributed by atoms with E-state index in [4.69, 9.17) is 4.74 Å². The number of carbonyl (C=O) groups is 1. The summed E-state index contributed by atoms with van der Waals surface area (Å²) in [7, 11) is 0. The SMILES string of the molecule is CCOC(=O)N1CCN(Cc2ccccc2[N+](=O)[O-])CC1. The van der Waals surface area contributed by atoms with Crippen LogP contribution in [0.25, 0.3) is 0 Å². The predicted molar refractivity (Wildman–Crippen MR) is 77.0 cm³/mol. The summed E-state index contributed by atoms with van der Waals surface area (Å²) in [5.74, 6) is 0. The zero-order valence-corrected chi connectivity index (χ0v) is 12.0. The van der Waals surface area contributed by atoms with Gasteiger partial charge in [0.05, 0.1) is 11.5 Å². The molecule has 1 aliphatic heterocycles. The molecule has 0 atom stereocenters. The third-order valence-corrected chi connectivity index (χ3v) is 3.48. The number of para-hydroxylation sites is 1. The summed E-state index contributed by atoms with van der Waals surface area (Å²) >= 11 is 0. The molecule has 1 fully saturated rings. The first-order valence-electron chi connectivity index (χ1n) is 6.98. The lowest BCUT2D eigenvalue weighted by atomic mass is 10.1. The van der Waals surface area contributed by atoms with Gasteiger partial charge in [-0.25, -0.2) is 4.79 Å². The Morgan fingerprint density at radius 2 is 1.95 bits per heavy atom. The summed E-state index contributed by atoms with van der Waals surface area (Å²) in [6.07, 6.45) is -0.289. The topological polar surface area (TPSA) is 75.9 Å². The van der Waals surface area contributed by atoms with Crippen molar-refractivity contribution in [2.75, 3.05) is 32.8 Å². The van der Waals surface area contributed by atoms with Gasteiger partial charge in [0, 0.05) is 44.4 Å². The Kier molecular flexibility index (Phi) is 5.10. The van der Waals surface area contributed by atoms with Gasteiger partial charge in [0.2, 0.25) is 0 Å². The van der Waals surface area contributed by atoms with Crippen LogP contribution in [-0.4, -0.2) is 53.6 Å². The van der Waals surface area contributed by atoms with Gasteiger partial charge in [-0.3, -0.25) is 15.0 Å². The Morgan fingerprint density at radius 1 is 1.29 bits per heavy atom. The Bertz CT molecular complexity index is 513. The minimum absolute atomic E-state index is 0.144. The van der Waals surface area contributed by atoms with Crippen molar-refractivity contribution in [1.29, 1.82) is 0 Å². The van der Waals surface area contributed by atoms with Crippen molar-refractivity contribution >= 4 is 11.8 Å². The van der Waals surface area contributed by atoms with Crippen molar-refractivity contribution in [3.8, 4) is 0 Å². The monoisotopic (exact) mass is 293 g/mol. The molecule has 0 bridgehead atoms. The molecule has 0 unspecified atom stereocenters. The van der Waals surface area contributed by atoms with Crippen molar-refractivity contribution in [3.05, 3.63) is 39.9 Å². The number of ether oxygens (including phenoxy) is 1. The van der Waals surface area contributed by atoms with E-state index >= 15 is 0 Å². The Balaban J connectivity index is 1.92. The molecule has 1 aromatic carbocycles. The maximum absolute atomic E-state index is 11.6. The third kappa shape index (κ3) is 3.91. The third-order valence-electron chi connectivity index (χ3n) is 3.48. The van der Waals surface area contributed by atoms with E-state index in [0.29, 0.717) is 44.9 Å². The number of carbonyl (C=O) groups excluding carboxylic acids is 1. The maximum Gasteiger partial charge on any atom is 0.409 e. The zero-order chi connectivity index (χ0) is 15.2. The van der Waals surface area contributed by atoms with Gasteiger partial charge in [-0.15, -0.1) is 0 Å². The van der Waals surface area contributed by atoms with Crippen molar-refractivity contribution in [2.24, 2.45) is 0 Å². The number of benzene rings is 1. The van der Waals surface area contributed by atoms with Gasteiger partial charge < -0.3 is 9.64 Å². The van der Waals surface area contributed by atoms with Crippen molar-refractivity contribution < 1.29 is 14.5 Å². The molecule has 0 spiro atoms. The van der Waals surface area contributed by atoms with Crippen LogP contribution in [-0.2, 0) is 11.3 Å². The first-order chi connectivity index (χ1) is 10.1. The van der Waals surface area contributed by atoms with E-state index in [1.54, 1.807) is 30.0 Å². The van der Waals surface area contributed by atoms with Crippen LogP contribution in [0.15, 0.2) is 24.3 Å². The van der Waals surface area contributed by atoms with Gasteiger partial charge in [-0.05, 0) is 6.92 Å². The predicted octanol–water partition coefficient (Wildman–Crippen LogP) is 1.87. The van der Waals surface area contributed by atoms with E-state index in [-0.39, 0.29) is 16.7 Å². The fourth-order valence-corrected chi connectivity index (χ4v) is 2.37. The number of nitro groups is 1. The number of nitro benzene ring substituents is 1. The zero-order valence-electron chi connectivity index (χ0n) is 12.0. The van der Waals surface area contributed by atoms with E-state index in [9.17, 15) is 14.9 Å². The largest absolute Gasteiger partial charge is 0.450 e. The number of amides is 1. The molecule has 1 aromatic rings. The van der Waals surface area contributed by atoms with Crippen LogP contribution < -0.4 is 0 Å². The van der Waals surface area contributed by atoms with E-state index in [1.165, 1.54) is 6.07 Å². The molecule has 7 nitrogen and oxygen atoms in total. The van der Waals surface area contributed by atoms with Crippen LogP contribution in [0.4, 0.5) is 10.5 Å². The molecule has 1 heterocycles. The van der Waals surface area contributed by atoms with Gasteiger partial charge in [0.1, 0.15) is 0 Å². The standard InChI is InChI=1S/C14H19N3O4/c1-2-21-14(18)16-9-7-15(8-10-16)11-12-5-3-4-6-13(12)17(19)20/h3-6H,2,7-11H2,1H3. The summed E-state index contributed by atoms with van der Waals surface area (Å²) in [5.41, 5.74) is 0.845. The second kappa shape index (κ2) is 7.03. The highest BCUT2D eigenvalue weighted by Crippen LogP contribution is 2.20. The van der Waals surface area contributed by atoms with Gasteiger partial charge in [0.25, 0.3) is 5.69 Å². The minimum Gasteiger partial charge on any atom is -0.450 e. The summed E-state index contributed by atoms with van der Waals surface area (Å²) in [6.45, 7) is 5.21. The number of rotatable bonds is 4. The van der Waals surface area contributed by atoms with Crippen molar-refractivity contribution in [2.45, 2.75) is 13.5 Å². The van der Waals surface area contributed by atoms with Gasteiger partial charge in [-0.2, -0.15) is 0 Å². The molecule has 7 heteroatoms. The Hall–Kier alpha value is -2.15. The molecule has 2 rings (SSSR count). The van der Waals surface area contributed by atoms with Gasteiger partial charge in [0.15, 0.2) is 0 Å². The smallest absolute Gasteiger partial charge is 0.409 e. The molecule has 114 valence electrons.